The largest absolute Gasteiger partial charge is 0.452 e. The third-order valence-corrected chi connectivity index (χ3v) is 4.27. The number of hydrogen-bond acceptors (Lipinski definition) is 4. The Morgan fingerprint density at radius 3 is 2.58 bits per heavy atom. The molecular formula is C18H12Cl2O4. The fourth-order valence-electron chi connectivity index (χ4n) is 2.39. The number of hydrogen-bond donors (Lipinski definition) is 0. The molecule has 2 aromatic rings. The molecule has 6 heteroatoms. The van der Waals surface area contributed by atoms with Crippen molar-refractivity contribution in [3.63, 3.8) is 0 Å². The summed E-state index contributed by atoms with van der Waals surface area (Å²) in [5.41, 5.74) is 1.71. The molecule has 0 radical (unpaired) electrons. The summed E-state index contributed by atoms with van der Waals surface area (Å²) < 4.78 is 10.8. The molecule has 0 fully saturated rings. The molecule has 2 aromatic carbocycles. The highest BCUT2D eigenvalue weighted by Crippen LogP contribution is 2.39. The zero-order chi connectivity index (χ0) is 17.4. The number of fused-ring (bicyclic) bond motifs is 1. The predicted molar refractivity (Wildman–Crippen MR) is 91.9 cm³/mol. The molecule has 0 aliphatic carbocycles. The maximum atomic E-state index is 12.5. The predicted octanol–water partition coefficient (Wildman–Crippen LogP) is 4.84. The lowest BCUT2D eigenvalue weighted by atomic mass is 10.1. The first-order valence-electron chi connectivity index (χ1n) is 7.08. The smallest absolute Gasteiger partial charge is 0.308 e. The van der Waals surface area contributed by atoms with E-state index < -0.39 is 5.97 Å². The molecule has 0 amide bonds. The molecule has 0 atom stereocenters. The third kappa shape index (κ3) is 3.03. The van der Waals surface area contributed by atoms with Crippen LogP contribution in [0, 0.1) is 6.92 Å². The second-order valence-electron chi connectivity index (χ2n) is 5.27. The van der Waals surface area contributed by atoms with Gasteiger partial charge in [0.25, 0.3) is 0 Å². The van der Waals surface area contributed by atoms with Gasteiger partial charge in [-0.1, -0.05) is 29.3 Å². The van der Waals surface area contributed by atoms with E-state index in [-0.39, 0.29) is 11.5 Å². The van der Waals surface area contributed by atoms with Gasteiger partial charge in [-0.2, -0.15) is 0 Å². The van der Waals surface area contributed by atoms with E-state index in [9.17, 15) is 9.59 Å². The van der Waals surface area contributed by atoms with E-state index in [4.69, 9.17) is 32.7 Å². The fraction of sp³-hybridized carbons (Fsp3) is 0.111. The second kappa shape index (κ2) is 6.30. The number of carbonyl (C=O) groups excluding carboxylic acids is 2. The third-order valence-electron chi connectivity index (χ3n) is 3.53. The SMILES string of the molecule is CC(=O)Oc1ccc2c(c1C)O/C(=C\c1ccc(Cl)c(Cl)c1)C2=O. The average Bonchev–Trinajstić information content (AvgIpc) is 2.83. The van der Waals surface area contributed by atoms with Crippen molar-refractivity contribution in [2.24, 2.45) is 0 Å². The molecule has 122 valence electrons. The average molecular weight is 363 g/mol. The second-order valence-corrected chi connectivity index (χ2v) is 6.09. The summed E-state index contributed by atoms with van der Waals surface area (Å²) in [4.78, 5) is 23.6. The molecule has 3 rings (SSSR count). The van der Waals surface area contributed by atoms with Crippen LogP contribution in [0.2, 0.25) is 10.0 Å². The molecule has 0 saturated carbocycles. The van der Waals surface area contributed by atoms with Crippen LogP contribution in [0.3, 0.4) is 0 Å². The highest BCUT2D eigenvalue weighted by Gasteiger charge is 2.30. The van der Waals surface area contributed by atoms with Crippen LogP contribution in [0.4, 0.5) is 0 Å². The molecule has 1 aliphatic rings. The van der Waals surface area contributed by atoms with Gasteiger partial charge in [0.15, 0.2) is 5.76 Å². The van der Waals surface area contributed by atoms with Crippen molar-refractivity contribution in [2.45, 2.75) is 13.8 Å². The van der Waals surface area contributed by atoms with Gasteiger partial charge in [-0.25, -0.2) is 0 Å². The van der Waals surface area contributed by atoms with E-state index in [1.54, 1.807) is 43.3 Å². The van der Waals surface area contributed by atoms with Crippen LogP contribution in [-0.2, 0) is 4.79 Å². The van der Waals surface area contributed by atoms with Crippen LogP contribution in [0.1, 0.15) is 28.4 Å². The zero-order valence-corrected chi connectivity index (χ0v) is 14.4. The Morgan fingerprint density at radius 2 is 1.92 bits per heavy atom. The van der Waals surface area contributed by atoms with Crippen molar-refractivity contribution < 1.29 is 19.1 Å². The van der Waals surface area contributed by atoms with Crippen molar-refractivity contribution in [1.29, 1.82) is 0 Å². The van der Waals surface area contributed by atoms with Gasteiger partial charge in [0, 0.05) is 12.5 Å². The van der Waals surface area contributed by atoms with Crippen LogP contribution < -0.4 is 9.47 Å². The molecule has 24 heavy (non-hydrogen) atoms. The number of allylic oxidation sites excluding steroid dienone is 1. The first kappa shape index (κ1) is 16.6. The lowest BCUT2D eigenvalue weighted by Gasteiger charge is -2.08. The van der Waals surface area contributed by atoms with Gasteiger partial charge in [-0.05, 0) is 42.8 Å². The highest BCUT2D eigenvalue weighted by molar-refractivity contribution is 6.42. The molecule has 0 saturated heterocycles. The molecular weight excluding hydrogens is 351 g/mol. The zero-order valence-electron chi connectivity index (χ0n) is 12.9. The quantitative estimate of drug-likeness (QED) is 0.435. The number of benzene rings is 2. The van der Waals surface area contributed by atoms with Crippen LogP contribution in [-0.4, -0.2) is 11.8 Å². The molecule has 0 bridgehead atoms. The lowest BCUT2D eigenvalue weighted by molar-refractivity contribution is -0.131. The Balaban J connectivity index is 1.98. The molecule has 0 aromatic heterocycles. The number of ether oxygens (including phenoxy) is 2. The topological polar surface area (TPSA) is 52.6 Å². The Kier molecular flexibility index (Phi) is 4.35. The fourth-order valence-corrected chi connectivity index (χ4v) is 2.69. The first-order valence-corrected chi connectivity index (χ1v) is 7.83. The van der Waals surface area contributed by atoms with E-state index in [1.165, 1.54) is 6.92 Å². The van der Waals surface area contributed by atoms with E-state index in [0.29, 0.717) is 38.2 Å². The monoisotopic (exact) mass is 362 g/mol. The summed E-state index contributed by atoms with van der Waals surface area (Å²) in [6.45, 7) is 3.04. The normalized spacial score (nSPS) is 14.5. The minimum Gasteiger partial charge on any atom is -0.452 e. The number of ketones is 1. The molecule has 4 nitrogen and oxygen atoms in total. The maximum Gasteiger partial charge on any atom is 0.308 e. The van der Waals surface area contributed by atoms with Crippen molar-refractivity contribution in [3.05, 3.63) is 62.8 Å². The van der Waals surface area contributed by atoms with Crippen LogP contribution in [0.5, 0.6) is 11.5 Å². The van der Waals surface area contributed by atoms with E-state index in [1.807, 2.05) is 0 Å². The highest BCUT2D eigenvalue weighted by atomic mass is 35.5. The summed E-state index contributed by atoms with van der Waals surface area (Å²) in [5.74, 6) is 0.254. The van der Waals surface area contributed by atoms with Crippen molar-refractivity contribution in [3.8, 4) is 11.5 Å². The Bertz CT molecular complexity index is 900. The van der Waals surface area contributed by atoms with Gasteiger partial charge in [0.2, 0.25) is 5.78 Å². The Morgan fingerprint density at radius 1 is 1.17 bits per heavy atom. The summed E-state index contributed by atoms with van der Waals surface area (Å²) >= 11 is 11.9. The minimum absolute atomic E-state index is 0.173. The van der Waals surface area contributed by atoms with Crippen LogP contribution >= 0.6 is 23.2 Å². The van der Waals surface area contributed by atoms with Gasteiger partial charge in [0.1, 0.15) is 11.5 Å². The number of rotatable bonds is 2. The summed E-state index contributed by atoms with van der Waals surface area (Å²) in [6, 6.07) is 8.19. The molecule has 1 aliphatic heterocycles. The summed E-state index contributed by atoms with van der Waals surface area (Å²) in [5, 5.41) is 0.824. The van der Waals surface area contributed by atoms with Gasteiger partial charge in [0.05, 0.1) is 15.6 Å². The Hall–Kier alpha value is -2.30. The number of Topliss-reactive ketones (excluding diaryl/α,β-unsaturated/α-hetero) is 1. The number of halogens is 2. The maximum absolute atomic E-state index is 12.5. The van der Waals surface area contributed by atoms with E-state index >= 15 is 0 Å². The van der Waals surface area contributed by atoms with Gasteiger partial charge in [-0.3, -0.25) is 9.59 Å². The van der Waals surface area contributed by atoms with Gasteiger partial charge < -0.3 is 9.47 Å². The molecule has 1 heterocycles. The summed E-state index contributed by atoms with van der Waals surface area (Å²) in [7, 11) is 0. The van der Waals surface area contributed by atoms with E-state index in [0.717, 1.165) is 0 Å². The number of carbonyl (C=O) groups is 2. The Labute approximate surface area is 148 Å². The minimum atomic E-state index is -0.436. The van der Waals surface area contributed by atoms with Crippen LogP contribution in [0.15, 0.2) is 36.1 Å². The van der Waals surface area contributed by atoms with Crippen LogP contribution in [0.25, 0.3) is 6.08 Å². The van der Waals surface area contributed by atoms with Crippen molar-refractivity contribution in [2.75, 3.05) is 0 Å². The molecule has 0 spiro atoms. The lowest BCUT2D eigenvalue weighted by Crippen LogP contribution is -2.03. The first-order chi connectivity index (χ1) is 11.4. The standard InChI is InChI=1S/C18H12Cl2O4/c1-9-15(23-10(2)21)6-4-12-17(22)16(24-18(9)12)8-11-3-5-13(19)14(20)7-11/h3-8H,1-2H3/b16-8-. The molecule has 0 unspecified atom stereocenters. The van der Waals surface area contributed by atoms with Gasteiger partial charge in [-0.15, -0.1) is 0 Å². The molecule has 0 N–H and O–H groups in total. The number of esters is 1. The van der Waals surface area contributed by atoms with Crippen molar-refractivity contribution in [1.82, 2.24) is 0 Å². The summed E-state index contributed by atoms with van der Waals surface area (Å²) in [6.07, 6.45) is 1.59. The van der Waals surface area contributed by atoms with Gasteiger partial charge >= 0.3 is 5.97 Å². The van der Waals surface area contributed by atoms with E-state index in [2.05, 4.69) is 0 Å². The van der Waals surface area contributed by atoms with Crippen molar-refractivity contribution >= 4 is 41.0 Å².